The van der Waals surface area contributed by atoms with Crippen molar-refractivity contribution in [2.75, 3.05) is 6.61 Å². The van der Waals surface area contributed by atoms with Gasteiger partial charge in [0.15, 0.2) is 0 Å². The minimum Gasteiger partial charge on any atom is -0.494 e. The van der Waals surface area contributed by atoms with E-state index in [4.69, 9.17) is 14.7 Å². The first-order chi connectivity index (χ1) is 17.4. The van der Waals surface area contributed by atoms with E-state index in [1.807, 2.05) is 31.2 Å². The lowest BCUT2D eigenvalue weighted by Crippen LogP contribution is -2.25. The second-order valence-electron chi connectivity index (χ2n) is 9.58. The maximum atomic E-state index is 11.5. The van der Waals surface area contributed by atoms with Gasteiger partial charge >= 0.3 is 0 Å². The summed E-state index contributed by atoms with van der Waals surface area (Å²) in [5.41, 5.74) is 1.39. The lowest BCUT2D eigenvalue weighted by atomic mass is 9.78. The number of hydrogen-bond donors (Lipinski definition) is 2. The summed E-state index contributed by atoms with van der Waals surface area (Å²) in [6.07, 6.45) is 1.89. The third-order valence-electron chi connectivity index (χ3n) is 7.55. The Morgan fingerprint density at radius 2 is 1.64 bits per heavy atom. The Labute approximate surface area is 208 Å². The van der Waals surface area contributed by atoms with Crippen molar-refractivity contribution in [2.24, 2.45) is 0 Å². The maximum Gasteiger partial charge on any atom is 0.205 e. The molecule has 4 aromatic rings. The number of ether oxygens (including phenoxy) is 2. The van der Waals surface area contributed by atoms with Crippen molar-refractivity contribution in [1.82, 2.24) is 4.57 Å². The Balaban J connectivity index is 1.40. The number of aromatic nitrogens is 1. The normalized spacial score (nSPS) is 21.8. The molecule has 2 aliphatic heterocycles. The molecule has 1 saturated heterocycles. The Bertz CT molecular complexity index is 1610. The van der Waals surface area contributed by atoms with Crippen LogP contribution in [0, 0.1) is 22.7 Å². The number of aromatic hydroxyl groups is 2. The van der Waals surface area contributed by atoms with Crippen LogP contribution in [0.3, 0.4) is 0 Å². The van der Waals surface area contributed by atoms with Crippen LogP contribution in [0.15, 0.2) is 60.7 Å². The van der Waals surface area contributed by atoms with Crippen LogP contribution >= 0.6 is 0 Å². The van der Waals surface area contributed by atoms with Gasteiger partial charge in [-0.25, -0.2) is 0 Å². The smallest absolute Gasteiger partial charge is 0.205 e. The predicted octanol–water partition coefficient (Wildman–Crippen LogP) is 5.49. The number of nitriles is 2. The van der Waals surface area contributed by atoms with Gasteiger partial charge in [-0.2, -0.15) is 10.5 Å². The fraction of sp³-hybridized carbons (Fsp3) is 0.241. The van der Waals surface area contributed by atoms with E-state index in [0.717, 1.165) is 10.8 Å². The van der Waals surface area contributed by atoms with Crippen molar-refractivity contribution in [2.45, 2.75) is 37.4 Å². The summed E-state index contributed by atoms with van der Waals surface area (Å²) >= 11 is 0. The zero-order valence-electron chi connectivity index (χ0n) is 19.7. The fourth-order valence-corrected chi connectivity index (χ4v) is 5.87. The zero-order chi connectivity index (χ0) is 25.1. The van der Waals surface area contributed by atoms with Crippen LogP contribution in [0.2, 0.25) is 0 Å². The lowest BCUT2D eigenvalue weighted by Gasteiger charge is -2.26. The molecule has 6 rings (SSSR count). The summed E-state index contributed by atoms with van der Waals surface area (Å²) in [5, 5.41) is 43.0. The molecule has 1 aromatic heterocycles. The van der Waals surface area contributed by atoms with Gasteiger partial charge in [-0.1, -0.05) is 24.3 Å². The molecule has 7 heteroatoms. The predicted molar refractivity (Wildman–Crippen MR) is 132 cm³/mol. The Morgan fingerprint density at radius 3 is 2.36 bits per heavy atom. The molecule has 2 atom stereocenters. The standard InChI is InChI=1S/C29H23N3O4/c1-28-12-13-29(36-28,14-15-35-20-9-6-18(16-30)7-10-20)25-24(28)26(33)32(27(25)34)23-11-8-19(17-31)21-4-2-3-5-22(21)23/h2-11,33-34H,12-15H2,1H3/t28-,29-/m0/s1. The average Bonchev–Trinajstić information content (AvgIpc) is 3.48. The van der Waals surface area contributed by atoms with Crippen molar-refractivity contribution >= 4 is 10.8 Å². The molecule has 2 N–H and O–H groups in total. The quantitative estimate of drug-likeness (QED) is 0.393. The molecule has 36 heavy (non-hydrogen) atoms. The highest BCUT2D eigenvalue weighted by atomic mass is 16.5. The highest BCUT2D eigenvalue weighted by Crippen LogP contribution is 2.65. The van der Waals surface area contributed by atoms with E-state index in [1.165, 1.54) is 4.57 Å². The van der Waals surface area contributed by atoms with Crippen LogP contribution in [0.4, 0.5) is 0 Å². The summed E-state index contributed by atoms with van der Waals surface area (Å²) in [5.74, 6) is 0.548. The van der Waals surface area contributed by atoms with E-state index in [2.05, 4.69) is 12.1 Å². The van der Waals surface area contributed by atoms with Crippen molar-refractivity contribution < 1.29 is 19.7 Å². The molecule has 0 aliphatic carbocycles. The Hall–Kier alpha value is -4.46. The van der Waals surface area contributed by atoms with Gasteiger partial charge in [0.25, 0.3) is 0 Å². The molecular formula is C29H23N3O4. The van der Waals surface area contributed by atoms with Gasteiger partial charge in [-0.05, 0) is 56.2 Å². The van der Waals surface area contributed by atoms with Crippen LogP contribution in [-0.4, -0.2) is 21.4 Å². The SMILES string of the molecule is C[C@@]12CC[C@@](CCOc3ccc(C#N)cc3)(O1)c1c2c(O)n(-c2ccc(C#N)c3ccccc23)c1O. The third kappa shape index (κ3) is 3.00. The molecule has 178 valence electrons. The van der Waals surface area contributed by atoms with Crippen LogP contribution in [0.25, 0.3) is 16.5 Å². The third-order valence-corrected chi connectivity index (χ3v) is 7.55. The molecule has 0 radical (unpaired) electrons. The van der Waals surface area contributed by atoms with Gasteiger partial charge in [0, 0.05) is 17.2 Å². The van der Waals surface area contributed by atoms with Crippen LogP contribution in [-0.2, 0) is 15.9 Å². The maximum absolute atomic E-state index is 11.5. The highest BCUT2D eigenvalue weighted by Gasteiger charge is 2.61. The monoisotopic (exact) mass is 477 g/mol. The summed E-state index contributed by atoms with van der Waals surface area (Å²) < 4.78 is 13.9. The van der Waals surface area contributed by atoms with Crippen LogP contribution in [0.5, 0.6) is 17.5 Å². The second-order valence-corrected chi connectivity index (χ2v) is 9.58. The van der Waals surface area contributed by atoms with Gasteiger partial charge in [0.1, 0.15) is 11.4 Å². The molecule has 7 nitrogen and oxygen atoms in total. The minimum absolute atomic E-state index is 0.0468. The fourth-order valence-electron chi connectivity index (χ4n) is 5.87. The zero-order valence-corrected chi connectivity index (χ0v) is 19.7. The van der Waals surface area contributed by atoms with E-state index in [0.29, 0.717) is 59.6 Å². The van der Waals surface area contributed by atoms with E-state index < -0.39 is 11.2 Å². The average molecular weight is 478 g/mol. The number of fused-ring (bicyclic) bond motifs is 6. The molecule has 1 fully saturated rings. The second kappa shape index (κ2) is 7.78. The van der Waals surface area contributed by atoms with E-state index in [1.54, 1.807) is 36.4 Å². The molecule has 0 amide bonds. The Morgan fingerprint density at radius 1 is 0.917 bits per heavy atom. The highest BCUT2D eigenvalue weighted by molar-refractivity contribution is 5.95. The molecular weight excluding hydrogens is 454 g/mol. The van der Waals surface area contributed by atoms with Crippen molar-refractivity contribution in [3.05, 3.63) is 82.9 Å². The first-order valence-corrected chi connectivity index (χ1v) is 11.8. The molecule has 2 aliphatic rings. The first kappa shape index (κ1) is 22.0. The Kier molecular flexibility index (Phi) is 4.76. The molecule has 3 aromatic carbocycles. The van der Waals surface area contributed by atoms with Crippen LogP contribution < -0.4 is 4.74 Å². The number of nitrogens with zero attached hydrogens (tertiary/aromatic N) is 3. The van der Waals surface area contributed by atoms with E-state index >= 15 is 0 Å². The topological polar surface area (TPSA) is 111 Å². The largest absolute Gasteiger partial charge is 0.494 e. The summed E-state index contributed by atoms with van der Waals surface area (Å²) in [6.45, 7) is 2.29. The van der Waals surface area contributed by atoms with Gasteiger partial charge in [0.2, 0.25) is 11.8 Å². The van der Waals surface area contributed by atoms with Gasteiger partial charge < -0.3 is 19.7 Å². The number of hydrogen-bond acceptors (Lipinski definition) is 6. The summed E-state index contributed by atoms with van der Waals surface area (Å²) in [4.78, 5) is 0. The summed E-state index contributed by atoms with van der Waals surface area (Å²) in [6, 6.07) is 22.1. The lowest BCUT2D eigenvalue weighted by molar-refractivity contribution is -0.0876. The van der Waals surface area contributed by atoms with Crippen LogP contribution in [0.1, 0.15) is 48.4 Å². The summed E-state index contributed by atoms with van der Waals surface area (Å²) in [7, 11) is 0. The number of rotatable bonds is 5. The van der Waals surface area contributed by atoms with Crippen molar-refractivity contribution in [1.29, 1.82) is 10.5 Å². The van der Waals surface area contributed by atoms with Gasteiger partial charge in [0.05, 0.1) is 52.3 Å². The van der Waals surface area contributed by atoms with Gasteiger partial charge in [-0.3, -0.25) is 4.57 Å². The molecule has 0 saturated carbocycles. The first-order valence-electron chi connectivity index (χ1n) is 11.8. The van der Waals surface area contributed by atoms with E-state index in [9.17, 15) is 15.5 Å². The minimum atomic E-state index is -0.786. The molecule has 3 heterocycles. The number of benzene rings is 3. The molecule has 0 spiro atoms. The van der Waals surface area contributed by atoms with E-state index in [-0.39, 0.29) is 11.8 Å². The van der Waals surface area contributed by atoms with Crippen molar-refractivity contribution in [3.63, 3.8) is 0 Å². The molecule has 0 unspecified atom stereocenters. The van der Waals surface area contributed by atoms with Gasteiger partial charge in [-0.15, -0.1) is 0 Å². The molecule has 2 bridgehead atoms. The van der Waals surface area contributed by atoms with Crippen molar-refractivity contribution in [3.8, 4) is 35.3 Å².